The van der Waals surface area contributed by atoms with Gasteiger partial charge < -0.3 is 4.42 Å². The molecule has 0 bridgehead atoms. The van der Waals surface area contributed by atoms with E-state index in [4.69, 9.17) is 19.4 Å². The Morgan fingerprint density at radius 2 is 1.12 bits per heavy atom. The average Bonchev–Trinajstić information content (AvgIpc) is 3.87. The summed E-state index contributed by atoms with van der Waals surface area (Å²) >= 11 is 0. The predicted molar refractivity (Wildman–Crippen MR) is 207 cm³/mol. The van der Waals surface area contributed by atoms with E-state index in [0.29, 0.717) is 17.6 Å². The van der Waals surface area contributed by atoms with Crippen LogP contribution in [0.4, 0.5) is 0 Å². The molecule has 236 valence electrons. The molecule has 12 rings (SSSR count). The van der Waals surface area contributed by atoms with Crippen molar-refractivity contribution in [3.05, 3.63) is 157 Å². The Labute approximate surface area is 291 Å². The van der Waals surface area contributed by atoms with Crippen LogP contribution in [-0.4, -0.2) is 19.5 Å². The lowest BCUT2D eigenvalue weighted by atomic mass is 9.92. The van der Waals surface area contributed by atoms with Crippen molar-refractivity contribution in [3.8, 4) is 39.9 Å². The Morgan fingerprint density at radius 3 is 1.88 bits per heavy atom. The number of furan rings is 1. The molecule has 0 amide bonds. The second kappa shape index (κ2) is 9.87. The fourth-order valence-electron chi connectivity index (χ4n) is 8.71. The van der Waals surface area contributed by atoms with E-state index in [9.17, 15) is 0 Å². The zero-order valence-corrected chi connectivity index (χ0v) is 27.3. The van der Waals surface area contributed by atoms with E-state index >= 15 is 0 Å². The van der Waals surface area contributed by atoms with Crippen LogP contribution in [0.2, 0.25) is 0 Å². The number of hydrogen-bond acceptors (Lipinski definition) is 4. The lowest BCUT2D eigenvalue weighted by molar-refractivity contribution is 0.669. The van der Waals surface area contributed by atoms with Crippen LogP contribution in [-0.2, 0) is 6.42 Å². The second-order valence-corrected chi connectivity index (χ2v) is 13.5. The molecule has 0 saturated carbocycles. The first-order valence-corrected chi connectivity index (χ1v) is 17.3. The summed E-state index contributed by atoms with van der Waals surface area (Å²) in [6.45, 7) is 0. The molecular weight excluding hydrogens is 625 g/mol. The topological polar surface area (TPSA) is 56.7 Å². The molecule has 0 saturated heterocycles. The number of nitrogens with zero attached hydrogens (tertiary/aromatic N) is 4. The van der Waals surface area contributed by atoms with Crippen LogP contribution in [0.25, 0.3) is 105 Å². The largest absolute Gasteiger partial charge is 0.456 e. The fourth-order valence-corrected chi connectivity index (χ4v) is 8.71. The number of rotatable bonds is 3. The van der Waals surface area contributed by atoms with Crippen molar-refractivity contribution in [2.24, 2.45) is 0 Å². The Bertz CT molecular complexity index is 3150. The van der Waals surface area contributed by atoms with Gasteiger partial charge in [-0.1, -0.05) is 121 Å². The highest BCUT2D eigenvalue weighted by atomic mass is 16.3. The van der Waals surface area contributed by atoms with Gasteiger partial charge in [-0.25, -0.2) is 4.98 Å². The standard InChI is InChI=1S/C46H26N4O/c1-3-12-26(13-4-1)44-47-45(27-14-5-2-6-15-27)49-46(48-44)50-36-22-23-38-42-39-32(20-11-21-37(39)51-38)30-18-9-10-19-31(30)34-25-33-29-17-8-7-16-28(29)24-35(33)43(50)40(34)41(36)42/h1-23,25H,24H2. The molecule has 5 nitrogen and oxygen atoms in total. The van der Waals surface area contributed by atoms with Crippen molar-refractivity contribution in [1.82, 2.24) is 19.5 Å². The first-order valence-electron chi connectivity index (χ1n) is 17.3. The minimum atomic E-state index is 0.595. The van der Waals surface area contributed by atoms with Gasteiger partial charge in [-0.05, 0) is 68.1 Å². The van der Waals surface area contributed by atoms with E-state index < -0.39 is 0 Å². The quantitative estimate of drug-likeness (QED) is 0.191. The highest BCUT2D eigenvalue weighted by Crippen LogP contribution is 2.51. The summed E-state index contributed by atoms with van der Waals surface area (Å²) in [5.41, 5.74) is 11.0. The minimum absolute atomic E-state index is 0.595. The van der Waals surface area contributed by atoms with E-state index in [1.165, 1.54) is 54.6 Å². The van der Waals surface area contributed by atoms with Gasteiger partial charge >= 0.3 is 0 Å². The van der Waals surface area contributed by atoms with Crippen LogP contribution in [0, 0.1) is 0 Å². The SMILES string of the molecule is c1ccc(-c2nc(-c3ccccc3)nc(-n3c4ccc5oc6cccc7c8ccccc8c8cc9c(c3c8c4c5c67)Cc3ccccc3-9)n2)cc1. The average molecular weight is 651 g/mol. The van der Waals surface area contributed by atoms with Crippen molar-refractivity contribution >= 4 is 65.3 Å². The van der Waals surface area contributed by atoms with Gasteiger partial charge in [-0.2, -0.15) is 9.97 Å². The third-order valence-corrected chi connectivity index (χ3v) is 10.8. The van der Waals surface area contributed by atoms with Crippen LogP contribution in [0.15, 0.2) is 150 Å². The highest BCUT2D eigenvalue weighted by molar-refractivity contribution is 6.38. The van der Waals surface area contributed by atoms with Gasteiger partial charge in [0, 0.05) is 39.1 Å². The molecule has 8 aromatic carbocycles. The molecule has 0 radical (unpaired) electrons. The van der Waals surface area contributed by atoms with Gasteiger partial charge in [0.15, 0.2) is 11.6 Å². The molecule has 0 aliphatic heterocycles. The van der Waals surface area contributed by atoms with Gasteiger partial charge in [0.2, 0.25) is 5.95 Å². The van der Waals surface area contributed by atoms with Crippen molar-refractivity contribution in [2.75, 3.05) is 0 Å². The van der Waals surface area contributed by atoms with Crippen LogP contribution < -0.4 is 0 Å². The third kappa shape index (κ3) is 3.62. The summed E-state index contributed by atoms with van der Waals surface area (Å²) in [4.78, 5) is 15.7. The molecule has 0 fully saturated rings. The summed E-state index contributed by atoms with van der Waals surface area (Å²) in [6.07, 6.45) is 0.822. The first-order chi connectivity index (χ1) is 25.3. The normalized spacial score (nSPS) is 12.6. The lowest BCUT2D eigenvalue weighted by Gasteiger charge is -2.13. The zero-order valence-electron chi connectivity index (χ0n) is 27.3. The number of aromatic nitrogens is 4. The van der Waals surface area contributed by atoms with E-state index in [-0.39, 0.29) is 0 Å². The van der Waals surface area contributed by atoms with Gasteiger partial charge in [-0.3, -0.25) is 4.57 Å². The van der Waals surface area contributed by atoms with Crippen molar-refractivity contribution in [1.29, 1.82) is 0 Å². The molecule has 1 aliphatic carbocycles. The van der Waals surface area contributed by atoms with Crippen LogP contribution >= 0.6 is 0 Å². The molecule has 11 aromatic rings. The van der Waals surface area contributed by atoms with Gasteiger partial charge in [-0.15, -0.1) is 0 Å². The number of hydrogen-bond donors (Lipinski definition) is 0. The minimum Gasteiger partial charge on any atom is -0.456 e. The van der Waals surface area contributed by atoms with E-state index in [2.05, 4.69) is 114 Å². The molecule has 3 heterocycles. The summed E-state index contributed by atoms with van der Waals surface area (Å²) in [5.74, 6) is 1.87. The maximum Gasteiger partial charge on any atom is 0.238 e. The molecule has 0 spiro atoms. The zero-order chi connectivity index (χ0) is 33.2. The number of benzene rings is 7. The van der Waals surface area contributed by atoms with Crippen molar-refractivity contribution < 1.29 is 4.42 Å². The maximum atomic E-state index is 6.65. The first kappa shape index (κ1) is 27.0. The van der Waals surface area contributed by atoms with E-state index in [0.717, 1.165) is 50.5 Å². The van der Waals surface area contributed by atoms with Crippen LogP contribution in [0.1, 0.15) is 11.1 Å². The Kier molecular flexibility index (Phi) is 5.23. The molecule has 0 atom stereocenters. The summed E-state index contributed by atoms with van der Waals surface area (Å²) in [5, 5.41) is 9.44. The molecular formula is C46H26N4O. The third-order valence-electron chi connectivity index (χ3n) is 10.8. The van der Waals surface area contributed by atoms with Gasteiger partial charge in [0.05, 0.1) is 11.0 Å². The van der Waals surface area contributed by atoms with Crippen molar-refractivity contribution in [2.45, 2.75) is 6.42 Å². The summed E-state index contributed by atoms with van der Waals surface area (Å²) < 4.78 is 8.97. The Morgan fingerprint density at radius 1 is 0.471 bits per heavy atom. The fraction of sp³-hybridized carbons (Fsp3) is 0.0217. The van der Waals surface area contributed by atoms with E-state index in [1.807, 2.05) is 36.4 Å². The molecule has 51 heavy (non-hydrogen) atoms. The molecule has 5 heteroatoms. The van der Waals surface area contributed by atoms with Crippen LogP contribution in [0.3, 0.4) is 0 Å². The molecule has 0 N–H and O–H groups in total. The van der Waals surface area contributed by atoms with Crippen LogP contribution in [0.5, 0.6) is 0 Å². The molecule has 3 aromatic heterocycles. The summed E-state index contributed by atoms with van der Waals surface area (Å²) in [6, 6.07) is 51.3. The predicted octanol–water partition coefficient (Wildman–Crippen LogP) is 11.5. The summed E-state index contributed by atoms with van der Waals surface area (Å²) in [7, 11) is 0. The lowest BCUT2D eigenvalue weighted by Crippen LogP contribution is -2.07. The van der Waals surface area contributed by atoms with E-state index in [1.54, 1.807) is 0 Å². The molecule has 0 unspecified atom stereocenters. The maximum absolute atomic E-state index is 6.65. The second-order valence-electron chi connectivity index (χ2n) is 13.5. The highest BCUT2D eigenvalue weighted by Gasteiger charge is 2.30. The van der Waals surface area contributed by atoms with Gasteiger partial charge in [0.25, 0.3) is 0 Å². The smallest absolute Gasteiger partial charge is 0.238 e. The Balaban J connectivity index is 1.35. The van der Waals surface area contributed by atoms with Gasteiger partial charge in [0.1, 0.15) is 11.2 Å². The molecule has 1 aliphatic rings. The van der Waals surface area contributed by atoms with Crippen molar-refractivity contribution in [3.63, 3.8) is 0 Å². The Hall–Kier alpha value is -6.85. The monoisotopic (exact) mass is 650 g/mol. The number of fused-ring (bicyclic) bond motifs is 7.